The molecule has 1 rings (SSSR count). The first-order chi connectivity index (χ1) is 6.72. The SMILES string of the molecule is NC(=O)CC#Cc1cc(C=O)ccn1. The summed E-state index contributed by atoms with van der Waals surface area (Å²) in [7, 11) is 0. The second-order valence-corrected chi connectivity index (χ2v) is 2.54. The van der Waals surface area contributed by atoms with Crippen molar-refractivity contribution in [2.75, 3.05) is 0 Å². The van der Waals surface area contributed by atoms with Crippen LogP contribution in [0.4, 0.5) is 0 Å². The number of rotatable bonds is 2. The van der Waals surface area contributed by atoms with Crippen molar-refractivity contribution in [3.63, 3.8) is 0 Å². The minimum atomic E-state index is -0.482. The third-order valence-corrected chi connectivity index (χ3v) is 1.40. The van der Waals surface area contributed by atoms with Gasteiger partial charge >= 0.3 is 0 Å². The second kappa shape index (κ2) is 4.77. The molecule has 4 nitrogen and oxygen atoms in total. The van der Waals surface area contributed by atoms with E-state index < -0.39 is 5.91 Å². The Morgan fingerprint density at radius 2 is 2.43 bits per heavy atom. The standard InChI is InChI=1S/C10H8N2O2/c11-10(14)3-1-2-9-6-8(7-13)4-5-12-9/h4-7H,3H2,(H2,11,14). The van der Waals surface area contributed by atoms with E-state index >= 15 is 0 Å². The van der Waals surface area contributed by atoms with Crippen LogP contribution in [0.1, 0.15) is 22.5 Å². The largest absolute Gasteiger partial charge is 0.369 e. The highest BCUT2D eigenvalue weighted by atomic mass is 16.1. The van der Waals surface area contributed by atoms with Gasteiger partial charge in [0.05, 0.1) is 6.42 Å². The highest BCUT2D eigenvalue weighted by Crippen LogP contribution is 1.96. The fourth-order valence-corrected chi connectivity index (χ4v) is 0.810. The van der Waals surface area contributed by atoms with Crippen LogP contribution in [-0.2, 0) is 4.79 Å². The number of amides is 1. The molecule has 2 N–H and O–H groups in total. The number of carbonyl (C=O) groups excluding carboxylic acids is 2. The Hall–Kier alpha value is -2.15. The molecule has 1 amide bonds. The highest BCUT2D eigenvalue weighted by Gasteiger charge is 1.92. The van der Waals surface area contributed by atoms with Crippen molar-refractivity contribution in [3.8, 4) is 11.8 Å². The first-order valence-corrected chi connectivity index (χ1v) is 3.91. The number of aldehydes is 1. The fraction of sp³-hybridized carbons (Fsp3) is 0.100. The van der Waals surface area contributed by atoms with E-state index in [1.54, 1.807) is 12.1 Å². The number of carbonyl (C=O) groups is 2. The van der Waals surface area contributed by atoms with Gasteiger partial charge in [-0.2, -0.15) is 0 Å². The third-order valence-electron chi connectivity index (χ3n) is 1.40. The molecule has 0 atom stereocenters. The van der Waals surface area contributed by atoms with Crippen LogP contribution in [0.3, 0.4) is 0 Å². The van der Waals surface area contributed by atoms with Crippen molar-refractivity contribution >= 4 is 12.2 Å². The number of pyridine rings is 1. The van der Waals surface area contributed by atoms with Crippen molar-refractivity contribution in [2.24, 2.45) is 5.73 Å². The van der Waals surface area contributed by atoms with E-state index in [0.717, 1.165) is 0 Å². The van der Waals surface area contributed by atoms with Crippen LogP contribution in [-0.4, -0.2) is 17.2 Å². The Morgan fingerprint density at radius 1 is 1.64 bits per heavy atom. The smallest absolute Gasteiger partial charge is 0.229 e. The molecule has 0 saturated heterocycles. The van der Waals surface area contributed by atoms with E-state index in [9.17, 15) is 9.59 Å². The molecule has 1 heterocycles. The molecule has 0 aliphatic rings. The molecule has 0 aliphatic heterocycles. The molecule has 0 aromatic carbocycles. The summed E-state index contributed by atoms with van der Waals surface area (Å²) < 4.78 is 0. The molecule has 0 fully saturated rings. The number of aromatic nitrogens is 1. The number of nitrogens with two attached hydrogens (primary N) is 1. The topological polar surface area (TPSA) is 73.1 Å². The Morgan fingerprint density at radius 3 is 3.07 bits per heavy atom. The predicted molar refractivity (Wildman–Crippen MR) is 50.3 cm³/mol. The zero-order chi connectivity index (χ0) is 10.4. The third kappa shape index (κ3) is 3.07. The van der Waals surface area contributed by atoms with Gasteiger partial charge in [0.15, 0.2) is 0 Å². The molecule has 14 heavy (non-hydrogen) atoms. The summed E-state index contributed by atoms with van der Waals surface area (Å²) in [6.07, 6.45) is 2.19. The number of primary amides is 1. The lowest BCUT2D eigenvalue weighted by Gasteiger charge is -1.90. The summed E-state index contributed by atoms with van der Waals surface area (Å²) in [6, 6.07) is 3.12. The summed E-state index contributed by atoms with van der Waals surface area (Å²) >= 11 is 0. The van der Waals surface area contributed by atoms with Crippen LogP contribution in [0.5, 0.6) is 0 Å². The molecule has 0 aliphatic carbocycles. The van der Waals surface area contributed by atoms with Gasteiger partial charge in [-0.3, -0.25) is 9.59 Å². The molecule has 70 valence electrons. The average Bonchev–Trinajstić information content (AvgIpc) is 2.18. The van der Waals surface area contributed by atoms with Crippen LogP contribution < -0.4 is 5.73 Å². The molecule has 0 spiro atoms. The van der Waals surface area contributed by atoms with Crippen molar-refractivity contribution in [1.29, 1.82) is 0 Å². The van der Waals surface area contributed by atoms with Crippen molar-refractivity contribution in [2.45, 2.75) is 6.42 Å². The Balaban J connectivity index is 2.79. The minimum Gasteiger partial charge on any atom is -0.369 e. The Bertz CT molecular complexity index is 416. The van der Waals surface area contributed by atoms with Gasteiger partial charge in [-0.25, -0.2) is 4.98 Å². The second-order valence-electron chi connectivity index (χ2n) is 2.54. The fourth-order valence-electron chi connectivity index (χ4n) is 0.810. The maximum Gasteiger partial charge on any atom is 0.229 e. The molecule has 0 radical (unpaired) electrons. The summed E-state index contributed by atoms with van der Waals surface area (Å²) in [5.41, 5.74) is 5.85. The van der Waals surface area contributed by atoms with Gasteiger partial charge in [0.1, 0.15) is 12.0 Å². The van der Waals surface area contributed by atoms with Crippen LogP contribution in [0.25, 0.3) is 0 Å². The van der Waals surface area contributed by atoms with Gasteiger partial charge in [0.2, 0.25) is 5.91 Å². The van der Waals surface area contributed by atoms with E-state index in [2.05, 4.69) is 16.8 Å². The first kappa shape index (κ1) is 9.93. The number of hydrogen-bond donors (Lipinski definition) is 1. The lowest BCUT2D eigenvalue weighted by atomic mass is 10.2. The maximum absolute atomic E-state index is 10.4. The molecular weight excluding hydrogens is 180 g/mol. The van der Waals surface area contributed by atoms with Crippen molar-refractivity contribution in [3.05, 3.63) is 29.6 Å². The average molecular weight is 188 g/mol. The Kier molecular flexibility index (Phi) is 3.39. The van der Waals surface area contributed by atoms with E-state index in [1.165, 1.54) is 6.20 Å². The van der Waals surface area contributed by atoms with Gasteiger partial charge in [-0.1, -0.05) is 5.92 Å². The summed E-state index contributed by atoms with van der Waals surface area (Å²) in [5.74, 6) is 4.70. The number of nitrogens with zero attached hydrogens (tertiary/aromatic N) is 1. The highest BCUT2D eigenvalue weighted by molar-refractivity contribution is 5.77. The molecule has 1 aromatic rings. The van der Waals surface area contributed by atoms with Gasteiger partial charge in [0.25, 0.3) is 0 Å². The van der Waals surface area contributed by atoms with Crippen LogP contribution in [0.2, 0.25) is 0 Å². The summed E-state index contributed by atoms with van der Waals surface area (Å²) in [5, 5.41) is 0. The minimum absolute atomic E-state index is 0.00695. The van der Waals surface area contributed by atoms with Crippen molar-refractivity contribution in [1.82, 2.24) is 4.98 Å². The van der Waals surface area contributed by atoms with Crippen LogP contribution >= 0.6 is 0 Å². The number of hydrogen-bond acceptors (Lipinski definition) is 3. The predicted octanol–water partition coefficient (Wildman–Crippen LogP) is 0.121. The maximum atomic E-state index is 10.4. The zero-order valence-corrected chi connectivity index (χ0v) is 7.36. The van der Waals surface area contributed by atoms with Crippen molar-refractivity contribution < 1.29 is 9.59 Å². The van der Waals surface area contributed by atoms with Gasteiger partial charge in [0, 0.05) is 11.8 Å². The van der Waals surface area contributed by atoms with E-state index in [4.69, 9.17) is 5.73 Å². The summed E-state index contributed by atoms with van der Waals surface area (Å²) in [4.78, 5) is 24.6. The van der Waals surface area contributed by atoms with Gasteiger partial charge < -0.3 is 5.73 Å². The van der Waals surface area contributed by atoms with E-state index in [0.29, 0.717) is 17.5 Å². The lowest BCUT2D eigenvalue weighted by Crippen LogP contribution is -2.08. The van der Waals surface area contributed by atoms with Crippen LogP contribution in [0.15, 0.2) is 18.3 Å². The normalized spacial score (nSPS) is 8.57. The van der Waals surface area contributed by atoms with E-state index in [-0.39, 0.29) is 6.42 Å². The zero-order valence-electron chi connectivity index (χ0n) is 7.36. The van der Waals surface area contributed by atoms with E-state index in [1.807, 2.05) is 0 Å². The quantitative estimate of drug-likeness (QED) is 0.529. The summed E-state index contributed by atoms with van der Waals surface area (Å²) in [6.45, 7) is 0. The first-order valence-electron chi connectivity index (χ1n) is 3.91. The lowest BCUT2D eigenvalue weighted by molar-refractivity contribution is -0.117. The molecule has 0 saturated carbocycles. The van der Waals surface area contributed by atoms with Gasteiger partial charge in [-0.05, 0) is 18.1 Å². The molecule has 0 unspecified atom stereocenters. The Labute approximate surface area is 81.1 Å². The monoisotopic (exact) mass is 188 g/mol. The molecular formula is C10H8N2O2. The molecule has 4 heteroatoms. The molecule has 1 aromatic heterocycles. The van der Waals surface area contributed by atoms with Gasteiger partial charge in [-0.15, -0.1) is 0 Å². The molecule has 0 bridgehead atoms. The van der Waals surface area contributed by atoms with Crippen LogP contribution in [0, 0.1) is 11.8 Å².